The Balaban J connectivity index is 2.02. The second kappa shape index (κ2) is 7.16. The highest BCUT2D eigenvalue weighted by Gasteiger charge is 2.16. The molecule has 0 saturated carbocycles. The first-order chi connectivity index (χ1) is 12.1. The van der Waals surface area contributed by atoms with Gasteiger partial charge in [0, 0.05) is 5.56 Å². The van der Waals surface area contributed by atoms with Gasteiger partial charge in [0.15, 0.2) is 12.4 Å². The number of alkyl halides is 2. The van der Waals surface area contributed by atoms with Crippen LogP contribution in [0, 0.1) is 0 Å². The zero-order valence-corrected chi connectivity index (χ0v) is 13.3. The fourth-order valence-electron chi connectivity index (χ4n) is 2.19. The van der Waals surface area contributed by atoms with Crippen molar-refractivity contribution in [1.82, 2.24) is 14.8 Å². The third-order valence-electron chi connectivity index (χ3n) is 3.37. The number of benzene rings is 2. The lowest BCUT2D eigenvalue weighted by molar-refractivity contribution is 0.0771. The number of phenols is 1. The van der Waals surface area contributed by atoms with E-state index in [-0.39, 0.29) is 11.8 Å². The van der Waals surface area contributed by atoms with Crippen LogP contribution in [0.1, 0.15) is 0 Å². The summed E-state index contributed by atoms with van der Waals surface area (Å²) in [4.78, 5) is 4.18. The predicted octanol–water partition coefficient (Wildman–Crippen LogP) is 3.29. The van der Waals surface area contributed by atoms with Crippen molar-refractivity contribution in [2.45, 2.75) is 6.43 Å². The Morgan fingerprint density at radius 2 is 1.76 bits per heavy atom. The minimum Gasteiger partial charge on any atom is -0.508 e. The molecular weight excluding hydrogens is 332 g/mol. The van der Waals surface area contributed by atoms with Crippen LogP contribution in [0.3, 0.4) is 0 Å². The number of aromatic nitrogens is 3. The summed E-state index contributed by atoms with van der Waals surface area (Å²) in [6, 6.07) is 13.2. The topological polar surface area (TPSA) is 69.4 Å². The molecule has 0 radical (unpaired) electrons. The summed E-state index contributed by atoms with van der Waals surface area (Å²) < 4.78 is 36.3. The van der Waals surface area contributed by atoms with Gasteiger partial charge in [-0.3, -0.25) is 0 Å². The molecule has 6 nitrogen and oxygen atoms in total. The second-order valence-corrected chi connectivity index (χ2v) is 5.08. The summed E-state index contributed by atoms with van der Waals surface area (Å²) in [5.41, 5.74) is 1.30. The number of methoxy groups -OCH3 is 1. The van der Waals surface area contributed by atoms with E-state index in [1.54, 1.807) is 43.5 Å². The molecule has 0 aliphatic carbocycles. The standard InChI is InChI=1S/C17H15F2N3O3/c1-24-14-8-4-12(5-9-14)22-16(11-2-6-13(23)7-3-11)20-17(21-22)25-10-15(18)19/h2-9,15,23H,10H2,1H3. The van der Waals surface area contributed by atoms with Crippen molar-refractivity contribution in [2.24, 2.45) is 0 Å². The first-order valence-electron chi connectivity index (χ1n) is 7.38. The molecule has 0 fully saturated rings. The molecule has 8 heteroatoms. The van der Waals surface area contributed by atoms with Gasteiger partial charge in [0.25, 0.3) is 6.43 Å². The molecule has 1 N–H and O–H groups in total. The zero-order valence-electron chi connectivity index (χ0n) is 13.3. The number of halogens is 2. The Kier molecular flexibility index (Phi) is 4.78. The van der Waals surface area contributed by atoms with Crippen LogP contribution in [0.5, 0.6) is 17.5 Å². The van der Waals surface area contributed by atoms with Gasteiger partial charge in [0.05, 0.1) is 12.8 Å². The van der Waals surface area contributed by atoms with E-state index in [1.165, 1.54) is 16.8 Å². The molecule has 1 aromatic heterocycles. The molecule has 0 atom stereocenters. The number of aromatic hydroxyl groups is 1. The Morgan fingerprint density at radius 1 is 1.08 bits per heavy atom. The Morgan fingerprint density at radius 3 is 2.36 bits per heavy atom. The summed E-state index contributed by atoms with van der Waals surface area (Å²) in [7, 11) is 1.56. The number of rotatable bonds is 6. The highest BCUT2D eigenvalue weighted by atomic mass is 19.3. The fraction of sp³-hybridized carbons (Fsp3) is 0.176. The smallest absolute Gasteiger partial charge is 0.336 e. The molecule has 3 aromatic rings. The monoisotopic (exact) mass is 347 g/mol. The van der Waals surface area contributed by atoms with Gasteiger partial charge >= 0.3 is 6.01 Å². The Bertz CT molecular complexity index is 833. The minimum atomic E-state index is -2.62. The largest absolute Gasteiger partial charge is 0.508 e. The van der Waals surface area contributed by atoms with Crippen LogP contribution in [0.25, 0.3) is 17.1 Å². The van der Waals surface area contributed by atoms with E-state index in [2.05, 4.69) is 10.1 Å². The van der Waals surface area contributed by atoms with Gasteiger partial charge in [0.1, 0.15) is 11.5 Å². The van der Waals surface area contributed by atoms with E-state index in [4.69, 9.17) is 9.47 Å². The molecule has 0 aliphatic heterocycles. The molecule has 0 spiro atoms. The molecule has 0 unspecified atom stereocenters. The number of ether oxygens (including phenoxy) is 2. The van der Waals surface area contributed by atoms with Crippen molar-refractivity contribution in [3.05, 3.63) is 48.5 Å². The highest BCUT2D eigenvalue weighted by Crippen LogP contribution is 2.26. The number of hydrogen-bond donors (Lipinski definition) is 1. The van der Waals surface area contributed by atoms with Crippen LogP contribution >= 0.6 is 0 Å². The summed E-state index contributed by atoms with van der Waals surface area (Å²) in [5.74, 6) is 1.17. The molecule has 1 heterocycles. The number of nitrogens with zero attached hydrogens (tertiary/aromatic N) is 3. The molecule has 0 amide bonds. The van der Waals surface area contributed by atoms with Gasteiger partial charge in [0.2, 0.25) is 0 Å². The third kappa shape index (κ3) is 3.85. The van der Waals surface area contributed by atoms with Gasteiger partial charge < -0.3 is 14.6 Å². The lowest BCUT2D eigenvalue weighted by atomic mass is 10.2. The van der Waals surface area contributed by atoms with Crippen LogP contribution in [0.4, 0.5) is 8.78 Å². The fourth-order valence-corrected chi connectivity index (χ4v) is 2.19. The van der Waals surface area contributed by atoms with Crippen molar-refractivity contribution < 1.29 is 23.4 Å². The first kappa shape index (κ1) is 16.7. The lowest BCUT2D eigenvalue weighted by Crippen LogP contribution is -2.08. The molecule has 130 valence electrons. The molecule has 2 aromatic carbocycles. The molecule has 25 heavy (non-hydrogen) atoms. The summed E-state index contributed by atoms with van der Waals surface area (Å²) in [5, 5.41) is 13.6. The third-order valence-corrected chi connectivity index (χ3v) is 3.37. The normalized spacial score (nSPS) is 10.9. The van der Waals surface area contributed by atoms with Crippen LogP contribution < -0.4 is 9.47 Å². The first-order valence-corrected chi connectivity index (χ1v) is 7.38. The van der Waals surface area contributed by atoms with Gasteiger partial charge in [-0.15, -0.1) is 5.10 Å². The Labute approximate surface area is 142 Å². The van der Waals surface area contributed by atoms with Gasteiger partial charge in [-0.05, 0) is 48.5 Å². The van der Waals surface area contributed by atoms with Gasteiger partial charge in [-0.1, -0.05) is 0 Å². The van der Waals surface area contributed by atoms with E-state index in [0.717, 1.165) is 0 Å². The summed E-state index contributed by atoms with van der Waals surface area (Å²) in [6.45, 7) is -0.790. The van der Waals surface area contributed by atoms with Crippen molar-refractivity contribution >= 4 is 0 Å². The lowest BCUT2D eigenvalue weighted by Gasteiger charge is -2.07. The van der Waals surface area contributed by atoms with Crippen LogP contribution in [-0.2, 0) is 0 Å². The van der Waals surface area contributed by atoms with Crippen molar-refractivity contribution in [3.63, 3.8) is 0 Å². The SMILES string of the molecule is COc1ccc(-n2nc(OCC(F)F)nc2-c2ccc(O)cc2)cc1. The van der Waals surface area contributed by atoms with E-state index >= 15 is 0 Å². The molecule has 0 saturated heterocycles. The molecule has 0 bridgehead atoms. The molecule has 0 aliphatic rings. The maximum atomic E-state index is 12.4. The van der Waals surface area contributed by atoms with E-state index in [0.29, 0.717) is 22.8 Å². The van der Waals surface area contributed by atoms with Crippen molar-refractivity contribution in [1.29, 1.82) is 0 Å². The Hall–Kier alpha value is -3.16. The molecule has 3 rings (SSSR count). The van der Waals surface area contributed by atoms with Crippen LogP contribution in [-0.4, -0.2) is 40.0 Å². The summed E-state index contributed by atoms with van der Waals surface area (Å²) in [6.07, 6.45) is -2.62. The second-order valence-electron chi connectivity index (χ2n) is 5.08. The average Bonchev–Trinajstić information content (AvgIpc) is 3.05. The maximum Gasteiger partial charge on any atom is 0.336 e. The van der Waals surface area contributed by atoms with E-state index < -0.39 is 13.0 Å². The number of hydrogen-bond acceptors (Lipinski definition) is 5. The highest BCUT2D eigenvalue weighted by molar-refractivity contribution is 5.59. The van der Waals surface area contributed by atoms with E-state index in [9.17, 15) is 13.9 Å². The van der Waals surface area contributed by atoms with Gasteiger partial charge in [-0.25, -0.2) is 13.5 Å². The van der Waals surface area contributed by atoms with Crippen molar-refractivity contribution in [2.75, 3.05) is 13.7 Å². The number of phenolic OH excluding ortho intramolecular Hbond substituents is 1. The van der Waals surface area contributed by atoms with Crippen LogP contribution in [0.2, 0.25) is 0 Å². The van der Waals surface area contributed by atoms with Gasteiger partial charge in [-0.2, -0.15) is 4.98 Å². The average molecular weight is 347 g/mol. The predicted molar refractivity (Wildman–Crippen MR) is 86.5 cm³/mol. The molecular formula is C17H15F2N3O3. The minimum absolute atomic E-state index is 0.105. The quantitative estimate of drug-likeness (QED) is 0.741. The van der Waals surface area contributed by atoms with Crippen LogP contribution in [0.15, 0.2) is 48.5 Å². The van der Waals surface area contributed by atoms with E-state index in [1.807, 2.05) is 0 Å². The van der Waals surface area contributed by atoms with Crippen molar-refractivity contribution in [3.8, 4) is 34.6 Å². The maximum absolute atomic E-state index is 12.4. The summed E-state index contributed by atoms with van der Waals surface area (Å²) >= 11 is 0. The zero-order chi connectivity index (χ0) is 17.8.